The normalized spacial score (nSPS) is 33.1. The van der Waals surface area contributed by atoms with Gasteiger partial charge in [0.1, 0.15) is 6.10 Å². The van der Waals surface area contributed by atoms with Gasteiger partial charge in [-0.15, -0.1) is 0 Å². The van der Waals surface area contributed by atoms with E-state index >= 15 is 0 Å². The van der Waals surface area contributed by atoms with Crippen LogP contribution in [0.15, 0.2) is 65.5 Å². The molecule has 42 heavy (non-hydrogen) atoms. The van der Waals surface area contributed by atoms with Crippen LogP contribution in [0.5, 0.6) is 0 Å². The maximum atomic E-state index is 14.7. The lowest BCUT2D eigenvalue weighted by Crippen LogP contribution is -2.58. The highest BCUT2D eigenvalue weighted by molar-refractivity contribution is 5.83. The number of fused-ring (bicyclic) bond motifs is 3. The Morgan fingerprint density at radius 3 is 2.36 bits per heavy atom. The van der Waals surface area contributed by atoms with E-state index < -0.39 is 23.9 Å². The Labute approximate surface area is 248 Å². The molecule has 3 fully saturated rings. The number of ether oxygens (including phenoxy) is 2. The maximum Gasteiger partial charge on any atom is 0.432 e. The van der Waals surface area contributed by atoms with Crippen LogP contribution in [0.25, 0.3) is 0 Å². The first-order valence-corrected chi connectivity index (χ1v) is 15.3. The topological polar surface area (TPSA) is 48.7 Å². The highest BCUT2D eigenvalue weighted by Crippen LogP contribution is 2.69. The molecule has 3 aliphatic carbocycles. The van der Waals surface area contributed by atoms with E-state index in [1.54, 1.807) is 12.1 Å². The number of methoxy groups -OCH3 is 1. The van der Waals surface area contributed by atoms with Crippen molar-refractivity contribution in [2.24, 2.45) is 34.0 Å². The van der Waals surface area contributed by atoms with Crippen molar-refractivity contribution in [1.82, 2.24) is 0 Å². The Kier molecular flexibility index (Phi) is 8.00. The molecule has 3 saturated carbocycles. The van der Waals surface area contributed by atoms with E-state index in [4.69, 9.17) is 13.9 Å². The summed E-state index contributed by atoms with van der Waals surface area (Å²) in [7, 11) is 0.897. The number of esters is 1. The first kappa shape index (κ1) is 30.9. The third kappa shape index (κ3) is 4.84. The second-order valence-electron chi connectivity index (χ2n) is 14.2. The molecule has 0 unspecified atom stereocenters. The van der Waals surface area contributed by atoms with Gasteiger partial charge in [0.05, 0.1) is 12.5 Å². The van der Waals surface area contributed by atoms with Crippen molar-refractivity contribution in [2.75, 3.05) is 7.11 Å². The van der Waals surface area contributed by atoms with Crippen molar-refractivity contribution in [1.29, 1.82) is 0 Å². The van der Waals surface area contributed by atoms with Crippen LogP contribution in [0.3, 0.4) is 0 Å². The summed E-state index contributed by atoms with van der Waals surface area (Å²) < 4.78 is 60.4. The van der Waals surface area contributed by atoms with Gasteiger partial charge in [-0.25, -0.2) is 4.79 Å². The van der Waals surface area contributed by atoms with Crippen molar-refractivity contribution >= 4 is 5.97 Å². The Morgan fingerprint density at radius 1 is 1.02 bits per heavy atom. The summed E-state index contributed by atoms with van der Waals surface area (Å²) in [4.78, 5) is 13.7. The number of carbonyl (C=O) groups is 1. The fourth-order valence-corrected chi connectivity index (χ4v) is 9.69. The van der Waals surface area contributed by atoms with Gasteiger partial charge in [-0.3, -0.25) is 0 Å². The van der Waals surface area contributed by atoms with E-state index in [-0.39, 0.29) is 27.7 Å². The number of hydrogen-bond acceptors (Lipinski definition) is 4. The van der Waals surface area contributed by atoms with Crippen molar-refractivity contribution in [3.05, 3.63) is 72.2 Å². The number of carbonyl (C=O) groups excluding carboxylic acids is 1. The SMILES string of the molecule is C=C1CC[C@H]2[C@@](C)(CC[C@H]3C(C)(C)CCC[C@]23C)[C@@H]1C[C@H](OC(=O)[C@](OC)(c1ccccc1)C(F)(F)F)c1ccoc1. The lowest BCUT2D eigenvalue weighted by molar-refractivity contribution is -0.279. The molecule has 0 N–H and O–H groups in total. The van der Waals surface area contributed by atoms with E-state index in [1.807, 2.05) is 0 Å². The van der Waals surface area contributed by atoms with Gasteiger partial charge in [0, 0.05) is 18.2 Å². The number of benzene rings is 1. The molecule has 7 atom stereocenters. The predicted octanol–water partition coefficient (Wildman–Crippen LogP) is 9.57. The summed E-state index contributed by atoms with van der Waals surface area (Å²) in [6.07, 6.45) is 4.97. The Morgan fingerprint density at radius 2 is 1.74 bits per heavy atom. The molecule has 5 rings (SSSR count). The zero-order valence-electron chi connectivity index (χ0n) is 25.6. The van der Waals surface area contributed by atoms with Crippen LogP contribution < -0.4 is 0 Å². The minimum Gasteiger partial charge on any atom is -0.472 e. The number of rotatable bonds is 7. The van der Waals surface area contributed by atoms with E-state index in [9.17, 15) is 18.0 Å². The van der Waals surface area contributed by atoms with Crippen molar-refractivity contribution < 1.29 is 31.9 Å². The van der Waals surface area contributed by atoms with Gasteiger partial charge in [0.25, 0.3) is 5.60 Å². The number of alkyl halides is 3. The summed E-state index contributed by atoms with van der Waals surface area (Å²) in [5.74, 6) is -0.419. The largest absolute Gasteiger partial charge is 0.472 e. The number of furan rings is 1. The minimum atomic E-state index is -5.05. The van der Waals surface area contributed by atoms with Gasteiger partial charge in [-0.1, -0.05) is 76.6 Å². The van der Waals surface area contributed by atoms with Crippen LogP contribution in [-0.2, 0) is 19.9 Å². The smallest absolute Gasteiger partial charge is 0.432 e. The highest BCUT2D eigenvalue weighted by Gasteiger charge is 2.65. The molecule has 2 aromatic rings. The molecule has 0 radical (unpaired) electrons. The number of hydrogen-bond donors (Lipinski definition) is 0. The van der Waals surface area contributed by atoms with Crippen LogP contribution in [0, 0.1) is 34.0 Å². The van der Waals surface area contributed by atoms with E-state index in [0.717, 1.165) is 38.4 Å². The summed E-state index contributed by atoms with van der Waals surface area (Å²) in [5, 5.41) is 0. The Balaban J connectivity index is 1.50. The van der Waals surface area contributed by atoms with Crippen molar-refractivity contribution in [3.8, 4) is 0 Å². The van der Waals surface area contributed by atoms with Crippen LogP contribution >= 0.6 is 0 Å². The summed E-state index contributed by atoms with van der Waals surface area (Å²) in [6.45, 7) is 14.2. The molecule has 7 heteroatoms. The summed E-state index contributed by atoms with van der Waals surface area (Å²) >= 11 is 0. The summed E-state index contributed by atoms with van der Waals surface area (Å²) in [6, 6.07) is 8.64. The fourth-order valence-electron chi connectivity index (χ4n) is 9.69. The van der Waals surface area contributed by atoms with Gasteiger partial charge in [0.2, 0.25) is 0 Å². The Hall–Kier alpha value is -2.54. The average molecular weight is 587 g/mol. The van der Waals surface area contributed by atoms with Gasteiger partial charge in [-0.2, -0.15) is 13.2 Å². The second-order valence-corrected chi connectivity index (χ2v) is 14.2. The fraction of sp³-hybridized carbons (Fsp3) is 0.629. The molecule has 0 saturated heterocycles. The van der Waals surface area contributed by atoms with Crippen LogP contribution in [0.1, 0.15) is 96.3 Å². The molecule has 1 aromatic carbocycles. The maximum absolute atomic E-state index is 14.7. The van der Waals surface area contributed by atoms with Crippen LogP contribution in [0.2, 0.25) is 0 Å². The second kappa shape index (κ2) is 10.9. The minimum absolute atomic E-state index is 0.0219. The molecule has 0 bridgehead atoms. The van der Waals surface area contributed by atoms with E-state index in [1.165, 1.54) is 56.1 Å². The lowest BCUT2D eigenvalue weighted by Gasteiger charge is -2.66. The quantitative estimate of drug-likeness (QED) is 0.239. The predicted molar refractivity (Wildman–Crippen MR) is 155 cm³/mol. The van der Waals surface area contributed by atoms with Gasteiger partial charge in [0.15, 0.2) is 0 Å². The number of halogens is 3. The van der Waals surface area contributed by atoms with Crippen molar-refractivity contribution in [2.45, 2.75) is 96.9 Å². The van der Waals surface area contributed by atoms with Crippen molar-refractivity contribution in [3.63, 3.8) is 0 Å². The third-order valence-corrected chi connectivity index (χ3v) is 11.7. The first-order valence-electron chi connectivity index (χ1n) is 15.3. The first-order chi connectivity index (χ1) is 19.7. The molecule has 0 aliphatic heterocycles. The molecule has 4 nitrogen and oxygen atoms in total. The molecule has 230 valence electrons. The molecular weight excluding hydrogens is 541 g/mol. The Bertz CT molecular complexity index is 1270. The van der Waals surface area contributed by atoms with Crippen LogP contribution in [0.4, 0.5) is 13.2 Å². The molecule has 0 spiro atoms. The zero-order valence-corrected chi connectivity index (χ0v) is 25.6. The van der Waals surface area contributed by atoms with E-state index in [2.05, 4.69) is 34.3 Å². The zero-order chi connectivity index (χ0) is 30.6. The summed E-state index contributed by atoms with van der Waals surface area (Å²) in [5.41, 5.74) is -1.60. The molecule has 0 amide bonds. The molecule has 3 aliphatic rings. The highest BCUT2D eigenvalue weighted by atomic mass is 19.4. The van der Waals surface area contributed by atoms with Crippen LogP contribution in [-0.4, -0.2) is 19.3 Å². The third-order valence-electron chi connectivity index (χ3n) is 11.7. The molecule has 1 heterocycles. The van der Waals surface area contributed by atoms with E-state index in [0.29, 0.717) is 23.8 Å². The average Bonchev–Trinajstić information content (AvgIpc) is 3.45. The van der Waals surface area contributed by atoms with Gasteiger partial charge < -0.3 is 13.9 Å². The number of allylic oxidation sites excluding steroid dienone is 1. The molecule has 1 aromatic heterocycles. The molecular formula is C35H45F3O4. The lowest BCUT2D eigenvalue weighted by atomic mass is 9.39. The standard InChI is InChI=1S/C35H45F3O4/c1-23-13-14-29-32(4,19-15-28-31(2,3)17-10-18-33(28,29)5)26(23)21-27(24-16-20-41-22-24)42-30(39)34(40-6,35(36,37)38)25-11-8-7-9-12-25/h7-9,11-12,16,20,22,26-29H,1,10,13-15,17-19,21H2,2-6H3/t26-,27+,28+,29+,32+,33+,34-/m1/s1. The monoisotopic (exact) mass is 586 g/mol. The van der Waals surface area contributed by atoms with Gasteiger partial charge in [-0.05, 0) is 85.0 Å². The van der Waals surface area contributed by atoms with Gasteiger partial charge >= 0.3 is 12.1 Å².